The van der Waals surface area contributed by atoms with E-state index in [0.717, 1.165) is 11.1 Å². The zero-order chi connectivity index (χ0) is 20.4. The summed E-state index contributed by atoms with van der Waals surface area (Å²) >= 11 is 36.2. The van der Waals surface area contributed by atoms with Gasteiger partial charge in [-0.3, -0.25) is 5.43 Å². The zero-order valence-corrected chi connectivity index (χ0v) is 18.6. The Kier molecular flexibility index (Phi) is 6.76. The Labute approximate surface area is 193 Å². The van der Waals surface area contributed by atoms with Crippen LogP contribution in [0.15, 0.2) is 71.5 Å². The SMILES string of the molecule is ClC(Cl)(Cl)C1=CC(C(Cl)(Cl)Cl)=NN(c2ccccc2/C=C/c2ccccc2)N1. The molecular formula is C19H13Cl6N3. The summed E-state index contributed by atoms with van der Waals surface area (Å²) < 4.78 is -3.56. The number of hydrogen-bond acceptors (Lipinski definition) is 3. The first kappa shape index (κ1) is 21.6. The predicted molar refractivity (Wildman–Crippen MR) is 124 cm³/mol. The van der Waals surface area contributed by atoms with Crippen molar-refractivity contribution in [1.29, 1.82) is 0 Å². The average molecular weight is 496 g/mol. The van der Waals surface area contributed by atoms with Crippen LogP contribution in [0, 0.1) is 0 Å². The van der Waals surface area contributed by atoms with Crippen LogP contribution in [-0.2, 0) is 0 Å². The number of hydrazone groups is 1. The van der Waals surface area contributed by atoms with E-state index in [1.165, 1.54) is 11.2 Å². The number of anilines is 1. The molecule has 3 nitrogen and oxygen atoms in total. The Morgan fingerprint density at radius 1 is 0.786 bits per heavy atom. The number of hydrazine groups is 1. The lowest BCUT2D eigenvalue weighted by atomic mass is 10.1. The molecule has 0 saturated heterocycles. The molecule has 0 bridgehead atoms. The van der Waals surface area contributed by atoms with E-state index in [2.05, 4.69) is 10.5 Å². The second-order valence-electron chi connectivity index (χ2n) is 5.77. The third kappa shape index (κ3) is 5.50. The van der Waals surface area contributed by atoms with Crippen LogP contribution < -0.4 is 10.5 Å². The maximum Gasteiger partial charge on any atom is 0.234 e. The molecule has 1 aliphatic heterocycles. The third-order valence-corrected chi connectivity index (χ3v) is 4.92. The molecule has 0 atom stereocenters. The molecule has 1 heterocycles. The minimum absolute atomic E-state index is 0.111. The summed E-state index contributed by atoms with van der Waals surface area (Å²) in [7, 11) is 0. The van der Waals surface area contributed by atoms with Gasteiger partial charge in [0, 0.05) is 5.56 Å². The number of allylic oxidation sites excluding steroid dienone is 2. The summed E-state index contributed by atoms with van der Waals surface area (Å²) in [6.45, 7) is 0. The molecule has 3 rings (SSSR count). The predicted octanol–water partition coefficient (Wildman–Crippen LogP) is 7.16. The van der Waals surface area contributed by atoms with Crippen LogP contribution in [0.2, 0.25) is 0 Å². The number of halogens is 6. The maximum atomic E-state index is 6.04. The fraction of sp³-hybridized carbons (Fsp3) is 0.105. The van der Waals surface area contributed by atoms with Crippen molar-refractivity contribution in [2.75, 3.05) is 5.12 Å². The van der Waals surface area contributed by atoms with E-state index in [4.69, 9.17) is 69.6 Å². The van der Waals surface area contributed by atoms with Crippen molar-refractivity contribution in [3.05, 3.63) is 77.5 Å². The monoisotopic (exact) mass is 493 g/mol. The number of benzene rings is 2. The third-order valence-electron chi connectivity index (χ3n) is 3.73. The first-order valence-corrected chi connectivity index (χ1v) is 10.2. The van der Waals surface area contributed by atoms with E-state index in [1.807, 2.05) is 66.7 Å². The number of rotatable bonds is 3. The summed E-state index contributed by atoms with van der Waals surface area (Å²) in [6, 6.07) is 17.4. The molecule has 1 N–H and O–H groups in total. The number of para-hydroxylation sites is 1. The fourth-order valence-corrected chi connectivity index (χ4v) is 2.98. The van der Waals surface area contributed by atoms with Crippen LogP contribution in [-0.4, -0.2) is 13.3 Å². The van der Waals surface area contributed by atoms with Crippen molar-refractivity contribution in [2.45, 2.75) is 7.59 Å². The van der Waals surface area contributed by atoms with Crippen molar-refractivity contribution in [2.24, 2.45) is 5.10 Å². The summed E-state index contributed by atoms with van der Waals surface area (Å²) in [5, 5.41) is 5.78. The second kappa shape index (κ2) is 8.74. The lowest BCUT2D eigenvalue weighted by Gasteiger charge is -2.32. The smallest absolute Gasteiger partial charge is 0.234 e. The molecule has 9 heteroatoms. The van der Waals surface area contributed by atoms with Crippen molar-refractivity contribution in [3.63, 3.8) is 0 Å². The summed E-state index contributed by atoms with van der Waals surface area (Å²) in [6.07, 6.45) is 5.33. The molecule has 0 amide bonds. The van der Waals surface area contributed by atoms with Crippen molar-refractivity contribution in [3.8, 4) is 0 Å². The highest BCUT2D eigenvalue weighted by molar-refractivity contribution is 6.78. The van der Waals surface area contributed by atoms with Gasteiger partial charge in [0.25, 0.3) is 0 Å². The molecule has 0 aliphatic carbocycles. The summed E-state index contributed by atoms with van der Waals surface area (Å²) in [5.74, 6) is 0. The maximum absolute atomic E-state index is 6.04. The van der Waals surface area contributed by atoms with Gasteiger partial charge in [-0.25, -0.2) is 0 Å². The molecule has 0 spiro atoms. The van der Waals surface area contributed by atoms with Gasteiger partial charge in [0.2, 0.25) is 7.59 Å². The molecule has 2 aromatic carbocycles. The summed E-state index contributed by atoms with van der Waals surface area (Å²) in [4.78, 5) is 0. The van der Waals surface area contributed by atoms with E-state index < -0.39 is 7.59 Å². The highest BCUT2D eigenvalue weighted by Crippen LogP contribution is 2.38. The molecule has 0 unspecified atom stereocenters. The molecule has 0 fully saturated rings. The van der Waals surface area contributed by atoms with E-state index in [9.17, 15) is 0 Å². The molecule has 2 aromatic rings. The second-order valence-corrected chi connectivity index (χ2v) is 10.3. The molecule has 0 saturated carbocycles. The van der Waals surface area contributed by atoms with Crippen molar-refractivity contribution >= 4 is 93.2 Å². The fourth-order valence-electron chi connectivity index (χ4n) is 2.41. The lowest BCUT2D eigenvalue weighted by Crippen LogP contribution is -2.43. The minimum Gasteiger partial charge on any atom is -0.278 e. The Hall–Kier alpha value is -1.07. The standard InChI is InChI=1S/C19H13Cl6N3/c20-18(21,22)16-12-17(19(23,24)25)27-28(26-16)15-9-5-4-8-14(15)11-10-13-6-2-1-3-7-13/h1-12,26H/b11-10+. The Balaban J connectivity index is 2.00. The van der Waals surface area contributed by atoms with E-state index in [-0.39, 0.29) is 11.4 Å². The summed E-state index contributed by atoms with van der Waals surface area (Å²) in [5.41, 5.74) is 5.86. The van der Waals surface area contributed by atoms with Gasteiger partial charge in [-0.05, 0) is 17.7 Å². The van der Waals surface area contributed by atoms with E-state index >= 15 is 0 Å². The van der Waals surface area contributed by atoms with Gasteiger partial charge in [0.1, 0.15) is 5.71 Å². The van der Waals surface area contributed by atoms with Gasteiger partial charge < -0.3 is 0 Å². The zero-order valence-electron chi connectivity index (χ0n) is 14.1. The van der Waals surface area contributed by atoms with Crippen LogP contribution in [0.5, 0.6) is 0 Å². The van der Waals surface area contributed by atoms with Crippen LogP contribution in [0.3, 0.4) is 0 Å². The van der Waals surface area contributed by atoms with Crippen LogP contribution in [0.1, 0.15) is 11.1 Å². The molecule has 1 aliphatic rings. The molecule has 0 radical (unpaired) electrons. The van der Waals surface area contributed by atoms with Gasteiger partial charge >= 0.3 is 0 Å². The number of nitrogens with zero attached hydrogens (tertiary/aromatic N) is 2. The van der Waals surface area contributed by atoms with Gasteiger partial charge in [-0.2, -0.15) is 10.2 Å². The van der Waals surface area contributed by atoms with Crippen LogP contribution >= 0.6 is 69.6 Å². The average Bonchev–Trinajstić information content (AvgIpc) is 2.66. The number of nitrogens with one attached hydrogen (secondary N) is 1. The highest BCUT2D eigenvalue weighted by Gasteiger charge is 2.36. The minimum atomic E-state index is -1.80. The Bertz CT molecular complexity index is 927. The molecular weight excluding hydrogens is 483 g/mol. The quantitative estimate of drug-likeness (QED) is 0.361. The van der Waals surface area contributed by atoms with Gasteiger partial charge in [-0.15, -0.1) is 0 Å². The van der Waals surface area contributed by atoms with E-state index in [1.54, 1.807) is 0 Å². The molecule has 28 heavy (non-hydrogen) atoms. The molecule has 146 valence electrons. The van der Waals surface area contributed by atoms with Gasteiger partial charge in [0.05, 0.1) is 11.4 Å². The highest BCUT2D eigenvalue weighted by atomic mass is 35.6. The normalized spacial score (nSPS) is 15.3. The molecule has 0 aromatic heterocycles. The van der Waals surface area contributed by atoms with Crippen LogP contribution in [0.4, 0.5) is 5.69 Å². The van der Waals surface area contributed by atoms with Gasteiger partial charge in [0.15, 0.2) is 0 Å². The lowest BCUT2D eigenvalue weighted by molar-refractivity contribution is 0.712. The first-order chi connectivity index (χ1) is 13.1. The van der Waals surface area contributed by atoms with E-state index in [0.29, 0.717) is 5.69 Å². The first-order valence-electron chi connectivity index (χ1n) is 7.98. The largest absolute Gasteiger partial charge is 0.278 e. The number of alkyl halides is 6. The van der Waals surface area contributed by atoms with Gasteiger partial charge in [-0.1, -0.05) is 130 Å². The Morgan fingerprint density at radius 3 is 2.07 bits per heavy atom. The topological polar surface area (TPSA) is 27.6 Å². The van der Waals surface area contributed by atoms with Crippen molar-refractivity contribution < 1.29 is 0 Å². The van der Waals surface area contributed by atoms with Crippen molar-refractivity contribution in [1.82, 2.24) is 5.43 Å². The number of hydrogen-bond donors (Lipinski definition) is 1. The Morgan fingerprint density at radius 2 is 1.43 bits per heavy atom. The van der Waals surface area contributed by atoms with Crippen LogP contribution in [0.25, 0.3) is 12.2 Å².